The van der Waals surface area contributed by atoms with Crippen molar-refractivity contribution in [3.63, 3.8) is 0 Å². The van der Waals surface area contributed by atoms with Crippen molar-refractivity contribution in [2.24, 2.45) is 0 Å². The molecule has 1 aromatic carbocycles. The van der Waals surface area contributed by atoms with Crippen LogP contribution in [0.3, 0.4) is 0 Å². The molecule has 2 aliphatic heterocycles. The van der Waals surface area contributed by atoms with E-state index >= 15 is 0 Å². The number of benzene rings is 1. The van der Waals surface area contributed by atoms with Crippen LogP contribution in [0.5, 0.6) is 17.2 Å². The summed E-state index contributed by atoms with van der Waals surface area (Å²) >= 11 is 0. The van der Waals surface area contributed by atoms with Gasteiger partial charge in [0.05, 0.1) is 19.8 Å². The van der Waals surface area contributed by atoms with E-state index in [4.69, 9.17) is 9.47 Å². The average molecular weight is 394 g/mol. The Morgan fingerprint density at radius 3 is 2.62 bits per heavy atom. The molecule has 1 unspecified atom stereocenters. The van der Waals surface area contributed by atoms with E-state index in [2.05, 4.69) is 0 Å². The van der Waals surface area contributed by atoms with Crippen LogP contribution in [-0.4, -0.2) is 41.2 Å². The molecule has 1 fully saturated rings. The van der Waals surface area contributed by atoms with Gasteiger partial charge in [0.15, 0.2) is 5.52 Å². The molecule has 1 N–H and O–H groups in total. The number of hydrogen-bond acceptors (Lipinski definition) is 5. The molecular weight excluding hydrogens is 374 g/mol. The van der Waals surface area contributed by atoms with Crippen molar-refractivity contribution in [2.75, 3.05) is 20.8 Å². The molecule has 148 valence electrons. The second kappa shape index (κ2) is 6.23. The Kier molecular flexibility index (Phi) is 3.77. The molecule has 8 nitrogen and oxygen atoms in total. The number of pyridine rings is 1. The molecular formula is C21H20N3O5+. The van der Waals surface area contributed by atoms with E-state index in [0.717, 1.165) is 12.8 Å². The van der Waals surface area contributed by atoms with Gasteiger partial charge in [0.25, 0.3) is 17.5 Å². The van der Waals surface area contributed by atoms with Crippen molar-refractivity contribution in [2.45, 2.75) is 18.9 Å². The number of hydrogen-bond donors (Lipinski definition) is 1. The summed E-state index contributed by atoms with van der Waals surface area (Å²) in [6, 6.07) is 8.15. The smallest absolute Gasteiger partial charge is 0.385 e. The van der Waals surface area contributed by atoms with E-state index in [0.29, 0.717) is 40.6 Å². The fraction of sp³-hybridized carbons (Fsp3) is 0.286. The Balaban J connectivity index is 1.95. The first-order chi connectivity index (χ1) is 14.0. The molecule has 0 spiro atoms. The first kappa shape index (κ1) is 17.5. The van der Waals surface area contributed by atoms with Gasteiger partial charge < -0.3 is 19.5 Å². The van der Waals surface area contributed by atoms with E-state index in [9.17, 15) is 14.7 Å². The zero-order chi connectivity index (χ0) is 20.3. The maximum Gasteiger partial charge on any atom is 0.385 e. The molecule has 2 aliphatic rings. The van der Waals surface area contributed by atoms with Crippen molar-refractivity contribution >= 4 is 11.4 Å². The number of carbonyl (C=O) groups is 1. The third kappa shape index (κ3) is 2.35. The van der Waals surface area contributed by atoms with Crippen LogP contribution in [0.4, 0.5) is 0 Å². The van der Waals surface area contributed by atoms with Crippen molar-refractivity contribution < 1.29 is 23.8 Å². The van der Waals surface area contributed by atoms with Crippen molar-refractivity contribution in [1.82, 2.24) is 9.47 Å². The second-order valence-electron chi connectivity index (χ2n) is 7.21. The summed E-state index contributed by atoms with van der Waals surface area (Å²) in [7, 11) is 3.06. The number of amides is 1. The topological polar surface area (TPSA) is 85.1 Å². The monoisotopic (exact) mass is 394 g/mol. The molecule has 0 radical (unpaired) electrons. The molecule has 5 rings (SSSR count). The van der Waals surface area contributed by atoms with Crippen LogP contribution in [0.2, 0.25) is 0 Å². The maximum absolute atomic E-state index is 13.4. The maximum atomic E-state index is 13.4. The van der Waals surface area contributed by atoms with Crippen molar-refractivity contribution in [3.05, 3.63) is 58.3 Å². The van der Waals surface area contributed by atoms with Crippen molar-refractivity contribution in [1.29, 1.82) is 0 Å². The summed E-state index contributed by atoms with van der Waals surface area (Å²) in [5.41, 5.74) is 0.591. The molecule has 0 aliphatic carbocycles. The Morgan fingerprint density at radius 1 is 1.10 bits per heavy atom. The van der Waals surface area contributed by atoms with Crippen molar-refractivity contribution in [3.8, 4) is 22.9 Å². The number of nitrogens with zero attached hydrogens (tertiary/aromatic N) is 3. The molecule has 8 heteroatoms. The van der Waals surface area contributed by atoms with Gasteiger partial charge in [-0.25, -0.2) is 4.79 Å². The lowest BCUT2D eigenvalue weighted by molar-refractivity contribution is -0.532. The number of ether oxygens (including phenoxy) is 2. The van der Waals surface area contributed by atoms with Crippen LogP contribution in [0.15, 0.2) is 41.3 Å². The van der Waals surface area contributed by atoms with Gasteiger partial charge in [-0.3, -0.25) is 4.79 Å². The van der Waals surface area contributed by atoms with E-state index in [1.54, 1.807) is 45.8 Å². The molecule has 4 heterocycles. The normalized spacial score (nSPS) is 17.5. The number of fused-ring (bicyclic) bond motifs is 7. The van der Waals surface area contributed by atoms with E-state index in [-0.39, 0.29) is 11.9 Å². The lowest BCUT2D eigenvalue weighted by Crippen LogP contribution is -2.42. The van der Waals surface area contributed by atoms with Gasteiger partial charge in [-0.2, -0.15) is 8.97 Å². The molecule has 0 bridgehead atoms. The number of methoxy groups -OCH3 is 2. The van der Waals surface area contributed by atoms with E-state index in [1.807, 2.05) is 0 Å². The van der Waals surface area contributed by atoms with Crippen LogP contribution < -0.4 is 19.4 Å². The van der Waals surface area contributed by atoms with Crippen LogP contribution >= 0.6 is 0 Å². The van der Waals surface area contributed by atoms with Crippen LogP contribution in [-0.2, 0) is 0 Å². The fourth-order valence-corrected chi connectivity index (χ4v) is 4.40. The van der Waals surface area contributed by atoms with Gasteiger partial charge in [0.2, 0.25) is 0 Å². The highest BCUT2D eigenvalue weighted by Gasteiger charge is 2.44. The number of rotatable bonds is 2. The van der Waals surface area contributed by atoms with E-state index in [1.165, 1.54) is 18.8 Å². The first-order valence-electron chi connectivity index (χ1n) is 9.42. The highest BCUT2D eigenvalue weighted by Crippen LogP contribution is 2.38. The van der Waals surface area contributed by atoms with Crippen LogP contribution in [0.1, 0.15) is 35.1 Å². The second-order valence-corrected chi connectivity index (χ2v) is 7.21. The Hall–Kier alpha value is -3.55. The van der Waals surface area contributed by atoms with Gasteiger partial charge in [-0.1, -0.05) is 0 Å². The SMILES string of the molecule is COc1ccc2c(c1)C(=O)N1CCCC1c1n-2c(=O)c(O)c2cc(OC)cc[n+]12. The van der Waals surface area contributed by atoms with E-state index < -0.39 is 11.3 Å². The highest BCUT2D eigenvalue weighted by molar-refractivity contribution is 5.99. The average Bonchev–Trinajstić information content (AvgIpc) is 3.21. The van der Waals surface area contributed by atoms with Crippen LogP contribution in [0.25, 0.3) is 11.2 Å². The van der Waals surface area contributed by atoms with Gasteiger partial charge >= 0.3 is 5.56 Å². The van der Waals surface area contributed by atoms with Crippen LogP contribution in [0, 0.1) is 0 Å². The first-order valence-corrected chi connectivity index (χ1v) is 9.42. The lowest BCUT2D eigenvalue weighted by atomic mass is 10.1. The largest absolute Gasteiger partial charge is 0.498 e. The standard InChI is InChI=1S/C21H19N3O5/c1-28-12-5-6-15-14(10-12)20(26)23-8-3-4-16(23)19-22-9-7-13(29-2)11-17(22)18(25)21(27)24(15)19/h5-7,9-11,16H,3-4,8H2,1-2H3/p+1. The zero-order valence-corrected chi connectivity index (χ0v) is 16.1. The third-order valence-electron chi connectivity index (χ3n) is 5.77. The van der Waals surface area contributed by atoms with Gasteiger partial charge in [-0.05, 0) is 31.0 Å². The van der Waals surface area contributed by atoms with Gasteiger partial charge in [0.1, 0.15) is 29.4 Å². The number of aromatic hydroxyl groups is 1. The molecule has 1 amide bonds. The quantitative estimate of drug-likeness (QED) is 0.668. The number of aromatic nitrogens is 2. The lowest BCUT2D eigenvalue weighted by Gasteiger charge is -2.20. The molecule has 3 aromatic rings. The molecule has 0 saturated carbocycles. The summed E-state index contributed by atoms with van der Waals surface area (Å²) in [6.45, 7) is 0.605. The minimum Gasteiger partial charge on any atom is -0.498 e. The Labute approximate surface area is 166 Å². The molecule has 29 heavy (non-hydrogen) atoms. The summed E-state index contributed by atoms with van der Waals surface area (Å²) in [5.74, 6) is 1.16. The summed E-state index contributed by atoms with van der Waals surface area (Å²) in [5, 5.41) is 10.7. The minimum absolute atomic E-state index is 0.147. The molecule has 2 aromatic heterocycles. The predicted molar refractivity (Wildman–Crippen MR) is 103 cm³/mol. The predicted octanol–water partition coefficient (Wildman–Crippen LogP) is 1.59. The summed E-state index contributed by atoms with van der Waals surface area (Å²) < 4.78 is 13.8. The fourth-order valence-electron chi connectivity index (χ4n) is 4.40. The molecule has 1 saturated heterocycles. The Bertz CT molecular complexity index is 1230. The summed E-state index contributed by atoms with van der Waals surface area (Å²) in [6.07, 6.45) is 3.33. The van der Waals surface area contributed by atoms with Gasteiger partial charge in [-0.15, -0.1) is 0 Å². The minimum atomic E-state index is -0.568. The summed E-state index contributed by atoms with van der Waals surface area (Å²) in [4.78, 5) is 28.4. The number of carbonyl (C=O) groups excluding carboxylic acids is 1. The Morgan fingerprint density at radius 2 is 1.86 bits per heavy atom. The third-order valence-corrected chi connectivity index (χ3v) is 5.77. The zero-order valence-electron chi connectivity index (χ0n) is 16.1. The van der Waals surface area contributed by atoms with Gasteiger partial charge in [0, 0.05) is 18.7 Å². The molecule has 1 atom stereocenters. The highest BCUT2D eigenvalue weighted by atomic mass is 16.5.